The van der Waals surface area contributed by atoms with Crippen molar-refractivity contribution in [2.45, 2.75) is 18.6 Å². The zero-order valence-corrected chi connectivity index (χ0v) is 5.31. The van der Waals surface area contributed by atoms with Crippen LogP contribution in [0.15, 0.2) is 0 Å². The van der Waals surface area contributed by atoms with Gasteiger partial charge in [0, 0.05) is 0 Å². The van der Waals surface area contributed by atoms with Crippen molar-refractivity contribution in [3.8, 4) is 0 Å². The maximum absolute atomic E-state index is 12.4. The van der Waals surface area contributed by atoms with Gasteiger partial charge >= 0.3 is 6.18 Å². The van der Waals surface area contributed by atoms with E-state index in [2.05, 4.69) is 4.74 Å². The average molecular weight is 174 g/mol. The van der Waals surface area contributed by atoms with Crippen LogP contribution in [0.4, 0.5) is 17.6 Å². The molecule has 1 heterocycles. The minimum Gasteiger partial charge on any atom is -0.366 e. The van der Waals surface area contributed by atoms with Gasteiger partial charge in [0.1, 0.15) is 5.92 Å². The number of rotatable bonds is 0. The summed E-state index contributed by atoms with van der Waals surface area (Å²) >= 11 is 0. The van der Waals surface area contributed by atoms with Crippen molar-refractivity contribution in [2.75, 3.05) is 6.61 Å². The minimum absolute atomic E-state index is 0.800. The predicted molar refractivity (Wildman–Crippen MR) is 26.4 cm³/mol. The molecule has 0 radical (unpaired) electrons. The molecule has 0 aromatic rings. The Bertz CT molecular complexity index is 146. The number of alkyl halides is 4. The summed E-state index contributed by atoms with van der Waals surface area (Å²) in [6, 6.07) is 0. The van der Waals surface area contributed by atoms with Gasteiger partial charge in [0.25, 0.3) is 0 Å². The Morgan fingerprint density at radius 1 is 1.36 bits per heavy atom. The molecular formula is C5H6F4O2. The van der Waals surface area contributed by atoms with Gasteiger partial charge in [-0.25, -0.2) is 4.39 Å². The van der Waals surface area contributed by atoms with Gasteiger partial charge in [0.2, 0.25) is 0 Å². The normalized spacial score (nSPS) is 39.5. The van der Waals surface area contributed by atoms with Gasteiger partial charge in [0.05, 0.1) is 6.61 Å². The summed E-state index contributed by atoms with van der Waals surface area (Å²) in [4.78, 5) is 0. The van der Waals surface area contributed by atoms with Crippen LogP contribution in [-0.4, -0.2) is 30.4 Å². The number of ether oxygens (including phenoxy) is 1. The summed E-state index contributed by atoms with van der Waals surface area (Å²) in [5.41, 5.74) is 0. The molecular weight excluding hydrogens is 168 g/mol. The third-order valence-corrected chi connectivity index (χ3v) is 1.52. The highest BCUT2D eigenvalue weighted by Gasteiger charge is 2.52. The zero-order chi connectivity index (χ0) is 8.65. The van der Waals surface area contributed by atoms with Crippen molar-refractivity contribution in [1.29, 1.82) is 0 Å². The largest absolute Gasteiger partial charge is 0.397 e. The Morgan fingerprint density at radius 2 is 1.91 bits per heavy atom. The van der Waals surface area contributed by atoms with Gasteiger partial charge in [-0.3, -0.25) is 0 Å². The van der Waals surface area contributed by atoms with Crippen LogP contribution in [0.2, 0.25) is 0 Å². The molecule has 0 bridgehead atoms. The molecule has 0 aromatic carbocycles. The van der Waals surface area contributed by atoms with E-state index in [9.17, 15) is 17.6 Å². The summed E-state index contributed by atoms with van der Waals surface area (Å²) in [7, 11) is 0. The Labute approximate surface area is 59.8 Å². The lowest BCUT2D eigenvalue weighted by Gasteiger charge is -2.14. The molecule has 66 valence electrons. The van der Waals surface area contributed by atoms with E-state index < -0.39 is 31.2 Å². The van der Waals surface area contributed by atoms with Crippen LogP contribution < -0.4 is 0 Å². The first-order valence-electron chi connectivity index (χ1n) is 2.93. The molecule has 0 saturated carbocycles. The van der Waals surface area contributed by atoms with Crippen LogP contribution in [0.1, 0.15) is 0 Å². The van der Waals surface area contributed by atoms with Crippen LogP contribution in [0.5, 0.6) is 0 Å². The second-order valence-corrected chi connectivity index (χ2v) is 2.32. The van der Waals surface area contributed by atoms with E-state index in [0.717, 1.165) is 0 Å². The molecule has 1 N–H and O–H groups in total. The van der Waals surface area contributed by atoms with Gasteiger partial charge in [0.15, 0.2) is 12.5 Å². The second-order valence-electron chi connectivity index (χ2n) is 2.32. The molecule has 1 fully saturated rings. The Hall–Kier alpha value is -0.360. The fourth-order valence-electron chi connectivity index (χ4n) is 0.860. The maximum Gasteiger partial charge on any atom is 0.397 e. The first-order chi connectivity index (χ1) is 4.93. The molecule has 1 saturated heterocycles. The molecule has 1 aliphatic heterocycles. The van der Waals surface area contributed by atoms with E-state index in [4.69, 9.17) is 5.11 Å². The molecule has 0 aliphatic carbocycles. The molecule has 0 amide bonds. The zero-order valence-electron chi connectivity index (χ0n) is 5.31. The second kappa shape index (κ2) is 2.60. The number of aliphatic hydroxyl groups is 1. The first-order valence-corrected chi connectivity index (χ1v) is 2.93. The Kier molecular flexibility index (Phi) is 2.06. The minimum atomic E-state index is -4.63. The number of halogens is 4. The molecule has 1 rings (SSSR count). The highest BCUT2D eigenvalue weighted by Crippen LogP contribution is 2.36. The van der Waals surface area contributed by atoms with Crippen molar-refractivity contribution in [1.82, 2.24) is 0 Å². The number of aliphatic hydroxyl groups excluding tert-OH is 1. The van der Waals surface area contributed by atoms with Crippen LogP contribution in [0.25, 0.3) is 0 Å². The van der Waals surface area contributed by atoms with E-state index in [0.29, 0.717) is 0 Å². The molecule has 2 nitrogen and oxygen atoms in total. The van der Waals surface area contributed by atoms with Crippen LogP contribution >= 0.6 is 0 Å². The van der Waals surface area contributed by atoms with E-state index in [1.807, 2.05) is 0 Å². The van der Waals surface area contributed by atoms with Crippen molar-refractivity contribution in [3.05, 3.63) is 0 Å². The first kappa shape index (κ1) is 8.73. The van der Waals surface area contributed by atoms with Crippen LogP contribution in [-0.2, 0) is 4.74 Å². The predicted octanol–water partition coefficient (Wildman–Crippen LogP) is 0.852. The average Bonchev–Trinajstić information content (AvgIpc) is 2.11. The van der Waals surface area contributed by atoms with Crippen molar-refractivity contribution < 1.29 is 27.4 Å². The van der Waals surface area contributed by atoms with Crippen molar-refractivity contribution in [3.63, 3.8) is 0 Å². The SMILES string of the molecule is OC1OCC(C(F)(F)F)C1F. The quantitative estimate of drug-likeness (QED) is 0.551. The molecule has 6 heteroatoms. The van der Waals surface area contributed by atoms with E-state index in [-0.39, 0.29) is 0 Å². The van der Waals surface area contributed by atoms with Gasteiger partial charge < -0.3 is 9.84 Å². The summed E-state index contributed by atoms with van der Waals surface area (Å²) in [5.74, 6) is -2.18. The van der Waals surface area contributed by atoms with E-state index in [1.54, 1.807) is 0 Å². The summed E-state index contributed by atoms with van der Waals surface area (Å²) < 4.78 is 51.7. The van der Waals surface area contributed by atoms with E-state index in [1.165, 1.54) is 0 Å². The lowest BCUT2D eigenvalue weighted by Crippen LogP contribution is -2.32. The Balaban J connectivity index is 2.62. The van der Waals surface area contributed by atoms with Crippen molar-refractivity contribution >= 4 is 0 Å². The van der Waals surface area contributed by atoms with Gasteiger partial charge in [-0.15, -0.1) is 0 Å². The number of hydrogen-bond donors (Lipinski definition) is 1. The number of hydrogen-bond acceptors (Lipinski definition) is 2. The highest BCUT2D eigenvalue weighted by molar-refractivity contribution is 4.82. The Morgan fingerprint density at radius 3 is 2.09 bits per heavy atom. The third kappa shape index (κ3) is 1.62. The topological polar surface area (TPSA) is 29.5 Å². The summed E-state index contributed by atoms with van der Waals surface area (Å²) in [5, 5.41) is 8.43. The maximum atomic E-state index is 12.4. The summed E-state index contributed by atoms with van der Waals surface area (Å²) in [6.07, 6.45) is -8.91. The smallest absolute Gasteiger partial charge is 0.366 e. The van der Waals surface area contributed by atoms with E-state index >= 15 is 0 Å². The third-order valence-electron chi connectivity index (χ3n) is 1.52. The monoisotopic (exact) mass is 174 g/mol. The van der Waals surface area contributed by atoms with Gasteiger partial charge in [-0.1, -0.05) is 0 Å². The fraction of sp³-hybridized carbons (Fsp3) is 1.00. The molecule has 3 unspecified atom stereocenters. The van der Waals surface area contributed by atoms with Crippen LogP contribution in [0, 0.1) is 5.92 Å². The molecule has 11 heavy (non-hydrogen) atoms. The molecule has 1 aliphatic rings. The highest BCUT2D eigenvalue weighted by atomic mass is 19.4. The fourth-order valence-corrected chi connectivity index (χ4v) is 0.860. The van der Waals surface area contributed by atoms with Crippen molar-refractivity contribution in [2.24, 2.45) is 5.92 Å². The standard InChI is InChI=1S/C5H6F4O2/c6-3-2(5(7,8)9)1-11-4(3)10/h2-4,10H,1H2. The molecule has 3 atom stereocenters. The van der Waals surface area contributed by atoms with Gasteiger partial charge in [-0.2, -0.15) is 13.2 Å². The lowest BCUT2D eigenvalue weighted by molar-refractivity contribution is -0.185. The van der Waals surface area contributed by atoms with Gasteiger partial charge in [-0.05, 0) is 0 Å². The molecule has 0 spiro atoms. The summed E-state index contributed by atoms with van der Waals surface area (Å²) in [6.45, 7) is -0.800. The van der Waals surface area contributed by atoms with Crippen LogP contribution in [0.3, 0.4) is 0 Å². The lowest BCUT2D eigenvalue weighted by atomic mass is 10.1. The molecule has 0 aromatic heterocycles.